The number of H-pyrrole nitrogens is 1. The number of non-ortho nitro benzene ring substituents is 1. The normalized spacial score (nSPS) is 17.4. The molecule has 34 heavy (non-hydrogen) atoms. The molecule has 1 aliphatic rings. The molecule has 0 bridgehead atoms. The number of aliphatic hydroxyl groups is 1. The number of ketones is 1. The maximum Gasteiger partial charge on any atom is 0.302 e. The van der Waals surface area contributed by atoms with E-state index in [-0.39, 0.29) is 22.8 Å². The van der Waals surface area contributed by atoms with Gasteiger partial charge in [-0.3, -0.25) is 24.6 Å². The SMILES string of the molecule is O=C1C(=O)N(c2nc3ccc(F)cc3[nH]2)C(c2ccccc2)/C1=C(\O)c1cccc([N+](=O)[O-])c1. The standard InChI is InChI=1S/C24H15FN4O5/c25-15-9-10-17-18(12-15)27-24(26-17)28-20(13-5-2-1-3-6-13)19(22(31)23(28)32)21(30)14-7-4-8-16(11-14)29(33)34/h1-12,20,30H,(H,26,27)/b21-19+. The number of Topliss-reactive ketones (excluding diaryl/α,β-unsaturated/α-hetero) is 1. The van der Waals surface area contributed by atoms with Gasteiger partial charge in [0.2, 0.25) is 5.95 Å². The molecule has 1 aliphatic heterocycles. The molecule has 2 heterocycles. The summed E-state index contributed by atoms with van der Waals surface area (Å²) in [7, 11) is 0. The molecule has 4 aromatic rings. The lowest BCUT2D eigenvalue weighted by Gasteiger charge is -2.23. The maximum absolute atomic E-state index is 13.7. The first-order valence-electron chi connectivity index (χ1n) is 10.1. The molecule has 1 atom stereocenters. The fourth-order valence-electron chi connectivity index (χ4n) is 4.01. The average Bonchev–Trinajstić information content (AvgIpc) is 3.37. The number of halogens is 1. The fourth-order valence-corrected chi connectivity index (χ4v) is 4.01. The van der Waals surface area contributed by atoms with Crippen LogP contribution in [0.3, 0.4) is 0 Å². The summed E-state index contributed by atoms with van der Waals surface area (Å²) >= 11 is 0. The monoisotopic (exact) mass is 458 g/mol. The zero-order valence-electron chi connectivity index (χ0n) is 17.3. The lowest BCUT2D eigenvalue weighted by molar-refractivity contribution is -0.384. The van der Waals surface area contributed by atoms with Crippen molar-refractivity contribution in [2.24, 2.45) is 0 Å². The number of rotatable bonds is 4. The van der Waals surface area contributed by atoms with E-state index in [4.69, 9.17) is 0 Å². The minimum absolute atomic E-state index is 0.00496. The molecule has 2 N–H and O–H groups in total. The molecule has 1 amide bonds. The molecule has 1 saturated heterocycles. The number of hydrogen-bond acceptors (Lipinski definition) is 6. The molecule has 0 spiro atoms. The summed E-state index contributed by atoms with van der Waals surface area (Å²) in [6.45, 7) is 0. The lowest BCUT2D eigenvalue weighted by Crippen LogP contribution is -2.30. The van der Waals surface area contributed by atoms with E-state index in [1.54, 1.807) is 30.3 Å². The third kappa shape index (κ3) is 3.37. The molecular weight excluding hydrogens is 443 g/mol. The summed E-state index contributed by atoms with van der Waals surface area (Å²) in [5.74, 6) is -3.00. The summed E-state index contributed by atoms with van der Waals surface area (Å²) in [6, 6.07) is 16.4. The molecule has 0 aliphatic carbocycles. The Kier molecular flexibility index (Phi) is 4.90. The van der Waals surface area contributed by atoms with Crippen molar-refractivity contribution < 1.29 is 24.0 Å². The molecule has 10 heteroatoms. The van der Waals surface area contributed by atoms with E-state index in [0.717, 1.165) is 11.0 Å². The van der Waals surface area contributed by atoms with Crippen molar-refractivity contribution in [1.82, 2.24) is 9.97 Å². The van der Waals surface area contributed by atoms with E-state index in [1.165, 1.54) is 36.4 Å². The third-order valence-electron chi connectivity index (χ3n) is 5.55. The maximum atomic E-state index is 13.7. The number of aromatic nitrogens is 2. The van der Waals surface area contributed by atoms with Crippen molar-refractivity contribution in [2.75, 3.05) is 4.90 Å². The minimum Gasteiger partial charge on any atom is -0.507 e. The van der Waals surface area contributed by atoms with Gasteiger partial charge in [0.25, 0.3) is 11.5 Å². The van der Waals surface area contributed by atoms with Crippen molar-refractivity contribution in [1.29, 1.82) is 0 Å². The van der Waals surface area contributed by atoms with Gasteiger partial charge in [0, 0.05) is 17.7 Å². The van der Waals surface area contributed by atoms with Gasteiger partial charge in [0.15, 0.2) is 0 Å². The largest absolute Gasteiger partial charge is 0.507 e. The summed E-state index contributed by atoms with van der Waals surface area (Å²) in [6.07, 6.45) is 0. The number of hydrogen-bond donors (Lipinski definition) is 2. The topological polar surface area (TPSA) is 129 Å². The van der Waals surface area contributed by atoms with Crippen LogP contribution in [0.4, 0.5) is 16.0 Å². The van der Waals surface area contributed by atoms with Crippen molar-refractivity contribution in [3.63, 3.8) is 0 Å². The number of nitro benzene ring substituents is 1. The van der Waals surface area contributed by atoms with Crippen LogP contribution >= 0.6 is 0 Å². The van der Waals surface area contributed by atoms with Crippen LogP contribution in [0.5, 0.6) is 0 Å². The molecule has 0 saturated carbocycles. The van der Waals surface area contributed by atoms with Gasteiger partial charge < -0.3 is 10.1 Å². The van der Waals surface area contributed by atoms with E-state index in [9.17, 15) is 29.2 Å². The number of nitrogens with one attached hydrogen (secondary N) is 1. The Hall–Kier alpha value is -4.86. The second-order valence-corrected chi connectivity index (χ2v) is 7.61. The number of carbonyl (C=O) groups excluding carboxylic acids is 2. The number of benzene rings is 3. The molecular formula is C24H15FN4O5. The lowest BCUT2D eigenvalue weighted by atomic mass is 9.95. The van der Waals surface area contributed by atoms with E-state index < -0.39 is 34.2 Å². The molecule has 168 valence electrons. The van der Waals surface area contributed by atoms with E-state index in [0.29, 0.717) is 16.6 Å². The highest BCUT2D eigenvalue weighted by atomic mass is 19.1. The molecule has 1 unspecified atom stereocenters. The van der Waals surface area contributed by atoms with Gasteiger partial charge in [-0.15, -0.1) is 0 Å². The second kappa shape index (κ2) is 7.93. The third-order valence-corrected chi connectivity index (χ3v) is 5.55. The van der Waals surface area contributed by atoms with Gasteiger partial charge >= 0.3 is 5.91 Å². The number of imidazole rings is 1. The fraction of sp³-hybridized carbons (Fsp3) is 0.0417. The number of aromatic amines is 1. The predicted octanol–water partition coefficient (Wildman–Crippen LogP) is 4.24. The van der Waals surface area contributed by atoms with E-state index in [1.807, 2.05) is 0 Å². The van der Waals surface area contributed by atoms with Crippen LogP contribution in [0.2, 0.25) is 0 Å². The Balaban J connectivity index is 1.72. The summed E-state index contributed by atoms with van der Waals surface area (Å²) in [5, 5.41) is 22.2. The number of nitrogens with zero attached hydrogens (tertiary/aromatic N) is 3. The predicted molar refractivity (Wildman–Crippen MR) is 120 cm³/mol. The molecule has 3 aromatic carbocycles. The van der Waals surface area contributed by atoms with Crippen LogP contribution in [0.1, 0.15) is 17.2 Å². The first kappa shape index (κ1) is 21.0. The molecule has 1 fully saturated rings. The zero-order valence-corrected chi connectivity index (χ0v) is 17.3. The minimum atomic E-state index is -1.08. The summed E-state index contributed by atoms with van der Waals surface area (Å²) in [5.41, 5.74) is 0.684. The quantitative estimate of drug-likeness (QED) is 0.155. The van der Waals surface area contributed by atoms with Crippen LogP contribution in [-0.4, -0.2) is 31.7 Å². The van der Waals surface area contributed by atoms with Crippen molar-refractivity contribution in [2.45, 2.75) is 6.04 Å². The number of carbonyl (C=O) groups is 2. The van der Waals surface area contributed by atoms with Crippen LogP contribution in [0, 0.1) is 15.9 Å². The number of aliphatic hydroxyl groups excluding tert-OH is 1. The molecule has 5 rings (SSSR count). The number of fused-ring (bicyclic) bond motifs is 1. The Labute approximate surface area is 190 Å². The second-order valence-electron chi connectivity index (χ2n) is 7.61. The van der Waals surface area contributed by atoms with Crippen LogP contribution in [-0.2, 0) is 9.59 Å². The van der Waals surface area contributed by atoms with Gasteiger partial charge in [-0.05, 0) is 23.8 Å². The highest BCUT2D eigenvalue weighted by Gasteiger charge is 2.48. The van der Waals surface area contributed by atoms with Gasteiger partial charge in [-0.25, -0.2) is 9.37 Å². The Bertz CT molecular complexity index is 1510. The first-order chi connectivity index (χ1) is 16.3. The number of nitro groups is 1. The van der Waals surface area contributed by atoms with Crippen molar-refractivity contribution >= 4 is 40.1 Å². The summed E-state index contributed by atoms with van der Waals surface area (Å²) < 4.78 is 13.7. The average molecular weight is 458 g/mol. The van der Waals surface area contributed by atoms with Gasteiger partial charge in [-0.1, -0.05) is 42.5 Å². The van der Waals surface area contributed by atoms with Gasteiger partial charge in [-0.2, -0.15) is 0 Å². The zero-order chi connectivity index (χ0) is 24.0. The molecule has 1 aromatic heterocycles. The van der Waals surface area contributed by atoms with E-state index >= 15 is 0 Å². The number of anilines is 1. The molecule has 0 radical (unpaired) electrons. The van der Waals surface area contributed by atoms with Gasteiger partial charge in [0.1, 0.15) is 11.6 Å². The van der Waals surface area contributed by atoms with Crippen molar-refractivity contribution in [3.8, 4) is 0 Å². The van der Waals surface area contributed by atoms with Crippen molar-refractivity contribution in [3.05, 3.63) is 105 Å². The van der Waals surface area contributed by atoms with Crippen LogP contribution in [0.15, 0.2) is 78.4 Å². The number of amides is 1. The Morgan fingerprint density at radius 3 is 2.56 bits per heavy atom. The molecule has 9 nitrogen and oxygen atoms in total. The smallest absolute Gasteiger partial charge is 0.302 e. The Morgan fingerprint density at radius 2 is 1.82 bits per heavy atom. The highest BCUT2D eigenvalue weighted by molar-refractivity contribution is 6.51. The first-order valence-corrected chi connectivity index (χ1v) is 10.1. The summed E-state index contributed by atoms with van der Waals surface area (Å²) in [4.78, 5) is 45.1. The van der Waals surface area contributed by atoms with Gasteiger partial charge in [0.05, 0.1) is 27.6 Å². The highest BCUT2D eigenvalue weighted by Crippen LogP contribution is 2.41. The van der Waals surface area contributed by atoms with E-state index in [2.05, 4.69) is 9.97 Å². The van der Waals surface area contributed by atoms with Crippen LogP contribution in [0.25, 0.3) is 16.8 Å². The Morgan fingerprint density at radius 1 is 1.06 bits per heavy atom. The van der Waals surface area contributed by atoms with Crippen LogP contribution < -0.4 is 4.90 Å².